The summed E-state index contributed by atoms with van der Waals surface area (Å²) in [5.74, 6) is -2.59. The van der Waals surface area contributed by atoms with Crippen LogP contribution in [0.4, 0.5) is 0 Å². The Bertz CT molecular complexity index is 1270. The molecule has 0 aromatic heterocycles. The Balaban J connectivity index is 1.45. The summed E-state index contributed by atoms with van der Waals surface area (Å²) in [6, 6.07) is 22.4. The Morgan fingerprint density at radius 2 is 1.44 bits per heavy atom. The largest absolute Gasteiger partial charge is 0.272 e. The Labute approximate surface area is 190 Å². The molecule has 1 fully saturated rings. The third-order valence-corrected chi connectivity index (χ3v) is 7.61. The second-order valence-electron chi connectivity index (χ2n) is 8.82. The maximum absolute atomic E-state index is 13.7. The average Bonchev–Trinajstić information content (AvgIpc) is 3.06. The van der Waals surface area contributed by atoms with Crippen molar-refractivity contribution < 1.29 is 14.4 Å². The topological polar surface area (TPSA) is 66.5 Å². The average molecular weight is 443 g/mol. The molecule has 3 aromatic rings. The van der Waals surface area contributed by atoms with Gasteiger partial charge in [-0.25, -0.2) is 0 Å². The third-order valence-electron chi connectivity index (χ3n) is 7.36. The summed E-state index contributed by atoms with van der Waals surface area (Å²) in [6.07, 6.45) is 0. The highest BCUT2D eigenvalue weighted by Gasteiger charge is 2.66. The van der Waals surface area contributed by atoms with Crippen molar-refractivity contribution in [2.24, 2.45) is 11.8 Å². The summed E-state index contributed by atoms with van der Waals surface area (Å²) in [5.41, 5.74) is 6.56. The quantitative estimate of drug-likeness (QED) is 0.609. The minimum absolute atomic E-state index is 0.219. The maximum atomic E-state index is 13.7. The highest BCUT2D eigenvalue weighted by Crippen LogP contribution is 2.63. The monoisotopic (exact) mass is 442 g/mol. The molecule has 3 aliphatic carbocycles. The van der Waals surface area contributed by atoms with Gasteiger partial charge in [0.1, 0.15) is 0 Å². The van der Waals surface area contributed by atoms with E-state index in [0.717, 1.165) is 27.3 Å². The maximum Gasteiger partial charge on any atom is 0.270 e. The molecule has 1 aliphatic heterocycles. The van der Waals surface area contributed by atoms with Gasteiger partial charge in [-0.15, -0.1) is 0 Å². The van der Waals surface area contributed by atoms with E-state index in [2.05, 4.69) is 29.7 Å². The zero-order valence-corrected chi connectivity index (χ0v) is 18.0. The van der Waals surface area contributed by atoms with Crippen LogP contribution in [0.5, 0.6) is 0 Å². The molecular weight excluding hydrogens is 424 g/mol. The SMILES string of the molecule is CC12c3ccccc3C(c3ccccc31)[C@H]1C(=O)N(NC(=O)c3ccc(Cl)cc3)C(=O)[C@@H]12. The van der Waals surface area contributed by atoms with Gasteiger partial charge in [-0.2, -0.15) is 5.01 Å². The molecular formula is C26H19ClN2O3. The predicted molar refractivity (Wildman–Crippen MR) is 119 cm³/mol. The van der Waals surface area contributed by atoms with Gasteiger partial charge in [0, 0.05) is 21.9 Å². The van der Waals surface area contributed by atoms with E-state index in [-0.39, 0.29) is 17.7 Å². The predicted octanol–water partition coefficient (Wildman–Crippen LogP) is 4.05. The molecule has 0 saturated carbocycles. The van der Waals surface area contributed by atoms with Gasteiger partial charge in [0.25, 0.3) is 17.7 Å². The minimum Gasteiger partial charge on any atom is -0.272 e. The Morgan fingerprint density at radius 3 is 2.03 bits per heavy atom. The molecule has 3 amide bonds. The second-order valence-corrected chi connectivity index (χ2v) is 9.25. The zero-order chi connectivity index (χ0) is 22.2. The molecule has 1 heterocycles. The van der Waals surface area contributed by atoms with Crippen molar-refractivity contribution >= 4 is 29.3 Å². The number of imide groups is 1. The van der Waals surface area contributed by atoms with Crippen LogP contribution in [0.1, 0.15) is 45.5 Å². The van der Waals surface area contributed by atoms with E-state index in [1.807, 2.05) is 31.2 Å². The lowest BCUT2D eigenvalue weighted by Gasteiger charge is -2.52. The van der Waals surface area contributed by atoms with Gasteiger partial charge in [0.2, 0.25) is 0 Å². The first kappa shape index (κ1) is 19.3. The van der Waals surface area contributed by atoms with Crippen LogP contribution < -0.4 is 5.43 Å². The van der Waals surface area contributed by atoms with Gasteiger partial charge in [-0.1, -0.05) is 67.1 Å². The highest BCUT2D eigenvalue weighted by molar-refractivity contribution is 6.30. The van der Waals surface area contributed by atoms with Crippen LogP contribution in [0, 0.1) is 11.8 Å². The number of carbonyl (C=O) groups is 3. The molecule has 5 nitrogen and oxygen atoms in total. The summed E-state index contributed by atoms with van der Waals surface area (Å²) in [7, 11) is 0. The summed E-state index contributed by atoms with van der Waals surface area (Å²) in [5, 5.41) is 1.44. The number of nitrogens with zero attached hydrogens (tertiary/aromatic N) is 1. The number of hydrazine groups is 1. The van der Waals surface area contributed by atoms with Gasteiger partial charge >= 0.3 is 0 Å². The summed E-state index contributed by atoms with van der Waals surface area (Å²) >= 11 is 5.91. The molecule has 32 heavy (non-hydrogen) atoms. The van der Waals surface area contributed by atoms with E-state index < -0.39 is 23.2 Å². The van der Waals surface area contributed by atoms with Gasteiger partial charge in [-0.3, -0.25) is 19.8 Å². The normalized spacial score (nSPS) is 27.1. The molecule has 7 rings (SSSR count). The van der Waals surface area contributed by atoms with E-state index in [1.165, 1.54) is 0 Å². The number of amides is 3. The first-order valence-electron chi connectivity index (χ1n) is 10.6. The third kappa shape index (κ3) is 2.32. The number of hydrogen-bond donors (Lipinski definition) is 1. The van der Waals surface area contributed by atoms with Crippen molar-refractivity contribution in [3.8, 4) is 0 Å². The minimum atomic E-state index is -0.654. The molecule has 6 heteroatoms. The number of benzene rings is 3. The molecule has 0 unspecified atom stereocenters. The Kier molecular flexibility index (Phi) is 3.93. The smallest absolute Gasteiger partial charge is 0.270 e. The Morgan fingerprint density at radius 1 is 0.875 bits per heavy atom. The number of halogens is 1. The van der Waals surface area contributed by atoms with E-state index in [9.17, 15) is 14.4 Å². The fourth-order valence-electron chi connectivity index (χ4n) is 6.03. The molecule has 3 aromatic carbocycles. The van der Waals surface area contributed by atoms with Crippen LogP contribution in [-0.4, -0.2) is 22.7 Å². The van der Waals surface area contributed by atoms with Crippen molar-refractivity contribution in [1.82, 2.24) is 10.4 Å². The van der Waals surface area contributed by atoms with Gasteiger partial charge in [-0.05, 0) is 46.5 Å². The van der Waals surface area contributed by atoms with Crippen molar-refractivity contribution in [1.29, 1.82) is 0 Å². The molecule has 1 saturated heterocycles. The molecule has 2 bridgehead atoms. The molecule has 158 valence electrons. The zero-order valence-electron chi connectivity index (χ0n) is 17.2. The summed E-state index contributed by atoms with van der Waals surface area (Å²) in [4.78, 5) is 40.1. The standard InChI is InChI=1S/C26H19ClN2O3/c1-26-18-8-4-2-6-16(18)20(17-7-3-5-9-19(17)26)21-22(26)25(32)29(24(21)31)28-23(30)14-10-12-15(27)13-11-14/h2-13,20-22H,1H3,(H,28,30)/t20?,21-,22-,26?/m1/s1. The van der Waals surface area contributed by atoms with Crippen LogP contribution in [0.25, 0.3) is 0 Å². The molecule has 0 radical (unpaired) electrons. The van der Waals surface area contributed by atoms with E-state index >= 15 is 0 Å². The Hall–Kier alpha value is -3.44. The lowest BCUT2D eigenvalue weighted by molar-refractivity contribution is -0.143. The summed E-state index contributed by atoms with van der Waals surface area (Å²) < 4.78 is 0. The van der Waals surface area contributed by atoms with Crippen molar-refractivity contribution in [2.45, 2.75) is 18.3 Å². The molecule has 2 atom stereocenters. The molecule has 4 aliphatic rings. The lowest BCUT2D eigenvalue weighted by Crippen LogP contribution is -2.52. The summed E-state index contributed by atoms with van der Waals surface area (Å²) in [6.45, 7) is 2.05. The number of nitrogens with one attached hydrogen (secondary N) is 1. The van der Waals surface area contributed by atoms with Gasteiger partial charge in [0.05, 0.1) is 11.8 Å². The van der Waals surface area contributed by atoms with Crippen LogP contribution >= 0.6 is 11.6 Å². The fourth-order valence-corrected chi connectivity index (χ4v) is 6.15. The van der Waals surface area contributed by atoms with Crippen molar-refractivity contribution in [2.75, 3.05) is 0 Å². The van der Waals surface area contributed by atoms with Gasteiger partial charge in [0.15, 0.2) is 0 Å². The van der Waals surface area contributed by atoms with E-state index in [0.29, 0.717) is 10.6 Å². The molecule has 0 spiro atoms. The van der Waals surface area contributed by atoms with E-state index in [1.54, 1.807) is 24.3 Å². The molecule has 1 N–H and O–H groups in total. The van der Waals surface area contributed by atoms with Crippen molar-refractivity contribution in [3.63, 3.8) is 0 Å². The number of rotatable bonds is 2. The van der Waals surface area contributed by atoms with Crippen LogP contribution in [0.2, 0.25) is 5.02 Å². The van der Waals surface area contributed by atoms with Crippen LogP contribution in [0.3, 0.4) is 0 Å². The fraction of sp³-hybridized carbons (Fsp3) is 0.192. The lowest BCUT2D eigenvalue weighted by atomic mass is 9.48. The van der Waals surface area contributed by atoms with Crippen LogP contribution in [0.15, 0.2) is 72.8 Å². The first-order chi connectivity index (χ1) is 15.4. The second kappa shape index (κ2) is 6.53. The first-order valence-corrected chi connectivity index (χ1v) is 10.9. The van der Waals surface area contributed by atoms with Crippen molar-refractivity contribution in [3.05, 3.63) is 106 Å². The number of hydrogen-bond acceptors (Lipinski definition) is 3. The van der Waals surface area contributed by atoms with E-state index in [4.69, 9.17) is 11.6 Å². The number of carbonyl (C=O) groups excluding carboxylic acids is 3. The van der Waals surface area contributed by atoms with Gasteiger partial charge < -0.3 is 0 Å². The van der Waals surface area contributed by atoms with Crippen LogP contribution in [-0.2, 0) is 15.0 Å². The highest BCUT2D eigenvalue weighted by atomic mass is 35.5.